The van der Waals surface area contributed by atoms with Crippen LogP contribution in [0.25, 0.3) is 22.3 Å². The number of allylic oxidation sites excluding steroid dienone is 8. The quantitative estimate of drug-likeness (QED) is 0.299. The molecule has 5 aliphatic rings. The van der Waals surface area contributed by atoms with Crippen LogP contribution in [-0.4, -0.2) is 3.21 Å². The van der Waals surface area contributed by atoms with Gasteiger partial charge in [0, 0.05) is 0 Å². The van der Waals surface area contributed by atoms with Crippen LogP contribution in [0.2, 0.25) is 3.63 Å². The molecule has 0 aromatic heterocycles. The number of halogens is 2. The van der Waals surface area contributed by atoms with E-state index in [1.54, 1.807) is 27.8 Å². The van der Waals surface area contributed by atoms with Crippen molar-refractivity contribution in [2.24, 2.45) is 11.3 Å². The molecule has 0 saturated heterocycles. The van der Waals surface area contributed by atoms with Crippen LogP contribution in [0.1, 0.15) is 141 Å². The first kappa shape index (κ1) is 36.0. The summed E-state index contributed by atoms with van der Waals surface area (Å²) in [6, 6.07) is 10.4. The summed E-state index contributed by atoms with van der Waals surface area (Å²) in [5.74, 6) is 0.598. The molecule has 46 heavy (non-hydrogen) atoms. The molecule has 7 rings (SSSR count). The average Bonchev–Trinajstić information content (AvgIpc) is 3.53. The van der Waals surface area contributed by atoms with Crippen molar-refractivity contribution in [3.8, 4) is 11.1 Å². The Labute approximate surface area is 300 Å². The van der Waals surface area contributed by atoms with E-state index < -0.39 is 21.3 Å². The van der Waals surface area contributed by atoms with E-state index in [4.69, 9.17) is 0 Å². The summed E-state index contributed by atoms with van der Waals surface area (Å²) < 4.78 is 4.58. The van der Waals surface area contributed by atoms with Gasteiger partial charge in [-0.05, 0) is 0 Å². The maximum absolute atomic E-state index is 2.80. The molecule has 2 aromatic rings. The van der Waals surface area contributed by atoms with E-state index in [1.165, 1.54) is 65.5 Å². The van der Waals surface area contributed by atoms with E-state index in [-0.39, 0.29) is 41.1 Å². The topological polar surface area (TPSA) is 0 Å². The summed E-state index contributed by atoms with van der Waals surface area (Å²) in [4.78, 5) is 0. The Morgan fingerprint density at radius 2 is 1.33 bits per heavy atom. The van der Waals surface area contributed by atoms with E-state index >= 15 is 0 Å². The van der Waals surface area contributed by atoms with Gasteiger partial charge in [-0.2, -0.15) is 0 Å². The van der Waals surface area contributed by atoms with Crippen molar-refractivity contribution in [3.63, 3.8) is 0 Å². The molecular weight excluding hydrogens is 679 g/mol. The van der Waals surface area contributed by atoms with Crippen molar-refractivity contribution in [2.75, 3.05) is 0 Å². The molecule has 244 valence electrons. The second kappa shape index (κ2) is 12.6. The second-order valence-electron chi connectivity index (χ2n) is 17.1. The minimum absolute atomic E-state index is 0. The summed E-state index contributed by atoms with van der Waals surface area (Å²) in [6.45, 7) is 24.5. The Morgan fingerprint density at radius 1 is 0.739 bits per heavy atom. The number of hydrogen-bond acceptors (Lipinski definition) is 0. The molecule has 2 unspecified atom stereocenters. The maximum Gasteiger partial charge on any atom is -1.00 e. The van der Waals surface area contributed by atoms with Crippen molar-refractivity contribution < 1.29 is 46.1 Å². The Balaban J connectivity index is 0.00000208. The molecule has 5 aliphatic carbocycles. The molecule has 2 aromatic carbocycles. The molecule has 0 amide bonds. The third-order valence-electron chi connectivity index (χ3n) is 12.1. The third kappa shape index (κ3) is 5.86. The van der Waals surface area contributed by atoms with Crippen molar-refractivity contribution >= 4 is 14.4 Å². The molecule has 1 saturated carbocycles. The second-order valence-corrected chi connectivity index (χ2v) is 23.9. The fourth-order valence-corrected chi connectivity index (χ4v) is 19.7. The SMILES string of the molecule is CC1=CCC(C)(C)c2cc3c(cc21)-c1cc2c(cc1C3)C(C)(C)[CH]([Zr+2]([C]1=CC(C(C)(C)C)=CC1C)=[C]1CCCCC1)C=C2C.[Cl-].[Cl-]. The van der Waals surface area contributed by atoms with E-state index in [0.717, 1.165) is 12.8 Å². The first-order valence-electron chi connectivity index (χ1n) is 17.5. The monoisotopic (exact) mass is 730 g/mol. The Hall–Kier alpha value is -1.27. The van der Waals surface area contributed by atoms with Gasteiger partial charge in [-0.15, -0.1) is 0 Å². The molecule has 2 atom stereocenters. The van der Waals surface area contributed by atoms with Crippen LogP contribution in [0, 0.1) is 11.3 Å². The van der Waals surface area contributed by atoms with Crippen LogP contribution in [0.3, 0.4) is 0 Å². The third-order valence-corrected chi connectivity index (χ3v) is 21.9. The number of hydrogen-bond donors (Lipinski definition) is 0. The maximum atomic E-state index is 2.80. The fraction of sp³-hybridized carbons (Fsp3) is 0.512. The predicted octanol–water partition coefficient (Wildman–Crippen LogP) is 6.09. The van der Waals surface area contributed by atoms with Gasteiger partial charge >= 0.3 is 278 Å². The molecule has 0 bridgehead atoms. The van der Waals surface area contributed by atoms with Crippen LogP contribution in [0.5, 0.6) is 0 Å². The molecule has 0 radical (unpaired) electrons. The Kier molecular flexibility index (Phi) is 9.84. The fourth-order valence-electron chi connectivity index (χ4n) is 9.17. The number of benzene rings is 2. The minimum atomic E-state index is -2.22. The van der Waals surface area contributed by atoms with Gasteiger partial charge in [0.25, 0.3) is 0 Å². The zero-order valence-corrected chi connectivity index (χ0v) is 33.9. The molecule has 0 N–H and O–H groups in total. The van der Waals surface area contributed by atoms with E-state index in [9.17, 15) is 0 Å². The summed E-state index contributed by atoms with van der Waals surface area (Å²) in [6.07, 6.45) is 19.9. The molecule has 1 fully saturated rings. The van der Waals surface area contributed by atoms with E-state index in [1.807, 2.05) is 6.49 Å². The van der Waals surface area contributed by atoms with Crippen LogP contribution >= 0.6 is 0 Å². The largest absolute Gasteiger partial charge is 1.00 e. The number of fused-ring (bicyclic) bond motifs is 5. The van der Waals surface area contributed by atoms with Gasteiger partial charge in [-0.25, -0.2) is 0 Å². The van der Waals surface area contributed by atoms with Crippen LogP contribution in [0.15, 0.2) is 57.4 Å². The van der Waals surface area contributed by atoms with Crippen LogP contribution in [-0.2, 0) is 38.5 Å². The van der Waals surface area contributed by atoms with Crippen LogP contribution < -0.4 is 24.8 Å². The first-order chi connectivity index (χ1) is 20.7. The van der Waals surface area contributed by atoms with Gasteiger partial charge in [-0.1, -0.05) is 0 Å². The minimum Gasteiger partial charge on any atom is -1.00 e. The van der Waals surface area contributed by atoms with E-state index in [2.05, 4.69) is 118 Å². The molecule has 0 heterocycles. The summed E-state index contributed by atoms with van der Waals surface area (Å²) in [5.41, 5.74) is 17.4. The summed E-state index contributed by atoms with van der Waals surface area (Å²) in [7, 11) is 0. The smallest absolute Gasteiger partial charge is 1.00 e. The van der Waals surface area contributed by atoms with Gasteiger partial charge in [0.1, 0.15) is 0 Å². The van der Waals surface area contributed by atoms with Gasteiger partial charge in [0.05, 0.1) is 0 Å². The van der Waals surface area contributed by atoms with Crippen LogP contribution in [0.4, 0.5) is 0 Å². The average molecular weight is 733 g/mol. The molecule has 0 spiro atoms. The van der Waals surface area contributed by atoms with Crippen molar-refractivity contribution in [3.05, 3.63) is 90.8 Å². The van der Waals surface area contributed by atoms with Crippen molar-refractivity contribution in [2.45, 2.75) is 129 Å². The molecule has 3 heteroatoms. The molecule has 0 nitrogen and oxygen atoms in total. The number of rotatable bonds is 2. The summed E-state index contributed by atoms with van der Waals surface area (Å²) >= 11 is -2.22. The van der Waals surface area contributed by atoms with Gasteiger partial charge < -0.3 is 24.8 Å². The van der Waals surface area contributed by atoms with Crippen molar-refractivity contribution in [1.82, 2.24) is 0 Å². The van der Waals surface area contributed by atoms with E-state index in [0.29, 0.717) is 9.54 Å². The predicted molar refractivity (Wildman–Crippen MR) is 189 cm³/mol. The molecule has 0 aliphatic heterocycles. The first-order valence-corrected chi connectivity index (χ1v) is 21.4. The zero-order valence-electron chi connectivity index (χ0n) is 30.0. The van der Waals surface area contributed by atoms with Crippen molar-refractivity contribution in [1.29, 1.82) is 0 Å². The Morgan fingerprint density at radius 3 is 1.91 bits per heavy atom. The standard InChI is InChI=1S/C27H29.C10H15.C6H10.2ClH.Zr/c1-16-7-9-26(3,4)24-12-18-11-19-13-25-21(17(2)8-10-27(25,5)6)15-23(19)22(18)14-20(16)24;1-8-5-6-9(7-8)10(2,3)4;1-2-4-6-5-3-1;;;/h7-9,12-15H,10-11H2,1-6H3;6-8H,1-4H3;1-5H2;2*1H;/q;;;;;+2/p-2. The summed E-state index contributed by atoms with van der Waals surface area (Å²) in [5, 5.41) is 0. The zero-order chi connectivity index (χ0) is 31.3. The van der Waals surface area contributed by atoms with Gasteiger partial charge in [0.15, 0.2) is 0 Å². The molecular formula is C43H54Cl2Zr. The van der Waals surface area contributed by atoms with Gasteiger partial charge in [0.2, 0.25) is 0 Å². The van der Waals surface area contributed by atoms with Gasteiger partial charge in [-0.3, -0.25) is 0 Å². The normalized spacial score (nSPS) is 23.5. The Bertz CT molecular complexity index is 1740.